The van der Waals surface area contributed by atoms with Crippen molar-refractivity contribution >= 4 is 31.9 Å². The van der Waals surface area contributed by atoms with Gasteiger partial charge in [0, 0.05) is 16.1 Å². The third kappa shape index (κ3) is 3.40. The lowest BCUT2D eigenvalue weighted by Crippen LogP contribution is -2.16. The van der Waals surface area contributed by atoms with Crippen molar-refractivity contribution in [3.8, 4) is 5.75 Å². The van der Waals surface area contributed by atoms with Gasteiger partial charge in [-0.1, -0.05) is 28.1 Å². The Morgan fingerprint density at radius 1 is 1.10 bits per heavy atom. The van der Waals surface area contributed by atoms with E-state index in [2.05, 4.69) is 31.9 Å². The van der Waals surface area contributed by atoms with Gasteiger partial charge in [-0.15, -0.1) is 0 Å². The van der Waals surface area contributed by atoms with Gasteiger partial charge < -0.3 is 10.5 Å². The smallest absolute Gasteiger partial charge is 0.143 e. The van der Waals surface area contributed by atoms with E-state index in [0.717, 1.165) is 11.3 Å². The lowest BCUT2D eigenvalue weighted by molar-refractivity contribution is 0.414. The van der Waals surface area contributed by atoms with Gasteiger partial charge in [-0.2, -0.15) is 0 Å². The van der Waals surface area contributed by atoms with Crippen LogP contribution >= 0.6 is 31.9 Å². The molecule has 0 amide bonds. The minimum atomic E-state index is -0.421. The minimum absolute atomic E-state index is 0.319. The van der Waals surface area contributed by atoms with Crippen molar-refractivity contribution in [3.63, 3.8) is 0 Å². The summed E-state index contributed by atoms with van der Waals surface area (Å²) in [7, 11) is 1.62. The van der Waals surface area contributed by atoms with E-state index >= 15 is 0 Å². The first-order valence-electron chi connectivity index (χ1n) is 6.05. The number of ether oxygens (including phenoxy) is 1. The van der Waals surface area contributed by atoms with E-state index in [9.17, 15) is 4.39 Å². The summed E-state index contributed by atoms with van der Waals surface area (Å²) in [6.45, 7) is 0. The van der Waals surface area contributed by atoms with Gasteiger partial charge in [-0.25, -0.2) is 4.39 Å². The van der Waals surface area contributed by atoms with Crippen LogP contribution in [0.2, 0.25) is 0 Å². The predicted octanol–water partition coefficient (Wildman–Crippen LogP) is 4.60. The van der Waals surface area contributed by atoms with Crippen LogP contribution in [0.15, 0.2) is 45.3 Å². The topological polar surface area (TPSA) is 35.2 Å². The van der Waals surface area contributed by atoms with Crippen molar-refractivity contribution in [2.75, 3.05) is 7.11 Å². The van der Waals surface area contributed by atoms with Crippen LogP contribution < -0.4 is 10.5 Å². The number of halogens is 3. The molecule has 1 unspecified atom stereocenters. The van der Waals surface area contributed by atoms with Crippen LogP contribution in [-0.4, -0.2) is 7.11 Å². The summed E-state index contributed by atoms with van der Waals surface area (Å²) in [5.41, 5.74) is 7.66. The summed E-state index contributed by atoms with van der Waals surface area (Å²) in [6.07, 6.45) is 0.552. The summed E-state index contributed by atoms with van der Waals surface area (Å²) >= 11 is 6.54. The fourth-order valence-corrected chi connectivity index (χ4v) is 2.95. The second-order valence-electron chi connectivity index (χ2n) is 4.42. The minimum Gasteiger partial charge on any atom is -0.497 e. The maximum atomic E-state index is 14.2. The highest BCUT2D eigenvalue weighted by Gasteiger charge is 2.18. The van der Waals surface area contributed by atoms with E-state index in [-0.39, 0.29) is 5.82 Å². The van der Waals surface area contributed by atoms with Crippen LogP contribution in [-0.2, 0) is 6.42 Å². The number of rotatable bonds is 4. The molecule has 0 radical (unpaired) electrons. The Morgan fingerprint density at radius 2 is 1.70 bits per heavy atom. The Hall–Kier alpha value is -0.910. The van der Waals surface area contributed by atoms with Crippen molar-refractivity contribution in [3.05, 3.63) is 62.3 Å². The lowest BCUT2D eigenvalue weighted by Gasteiger charge is -2.16. The standard InChI is InChI=1S/C15H14Br2FNO/c1-20-10-4-2-9(3-5-10)8-13(19)14-11(16)6-7-12(17)15(14)18/h2-7,13H,8,19H2,1H3. The molecule has 2 rings (SSSR count). The molecular weight excluding hydrogens is 389 g/mol. The van der Waals surface area contributed by atoms with Crippen LogP contribution in [0.4, 0.5) is 4.39 Å². The summed E-state index contributed by atoms with van der Waals surface area (Å²) in [5, 5.41) is 0. The summed E-state index contributed by atoms with van der Waals surface area (Å²) in [5.74, 6) is 0.470. The second-order valence-corrected chi connectivity index (χ2v) is 6.12. The zero-order valence-electron chi connectivity index (χ0n) is 10.9. The highest BCUT2D eigenvalue weighted by atomic mass is 79.9. The highest BCUT2D eigenvalue weighted by molar-refractivity contribution is 9.11. The van der Waals surface area contributed by atoms with Crippen LogP contribution in [0.1, 0.15) is 17.2 Å². The van der Waals surface area contributed by atoms with Crippen LogP contribution in [0.25, 0.3) is 0 Å². The molecule has 2 N–H and O–H groups in total. The molecule has 0 spiro atoms. The lowest BCUT2D eigenvalue weighted by atomic mass is 9.99. The molecule has 0 fully saturated rings. The van der Waals surface area contributed by atoms with Crippen molar-refractivity contribution in [2.45, 2.75) is 12.5 Å². The van der Waals surface area contributed by atoms with Gasteiger partial charge in [0.2, 0.25) is 0 Å². The van der Waals surface area contributed by atoms with Gasteiger partial charge in [0.15, 0.2) is 0 Å². The molecule has 0 bridgehead atoms. The first-order chi connectivity index (χ1) is 9.52. The fourth-order valence-electron chi connectivity index (χ4n) is 2.00. The molecule has 0 aliphatic carbocycles. The molecule has 0 aliphatic heterocycles. The van der Waals surface area contributed by atoms with E-state index in [1.165, 1.54) is 0 Å². The van der Waals surface area contributed by atoms with Gasteiger partial charge >= 0.3 is 0 Å². The summed E-state index contributed by atoms with van der Waals surface area (Å²) in [4.78, 5) is 0. The SMILES string of the molecule is COc1ccc(CC(N)c2c(Br)ccc(Br)c2F)cc1. The molecule has 2 aromatic rings. The Balaban J connectivity index is 2.23. The second kappa shape index (κ2) is 6.70. The number of hydrogen-bond acceptors (Lipinski definition) is 2. The van der Waals surface area contributed by atoms with Crippen molar-refractivity contribution < 1.29 is 9.13 Å². The summed E-state index contributed by atoms with van der Waals surface area (Å²) in [6, 6.07) is 10.6. The third-order valence-corrected chi connectivity index (χ3v) is 4.37. The van der Waals surface area contributed by atoms with Crippen molar-refractivity contribution in [1.82, 2.24) is 0 Å². The molecule has 0 heterocycles. The van der Waals surface area contributed by atoms with Crippen LogP contribution in [0.5, 0.6) is 5.75 Å². The molecule has 2 aromatic carbocycles. The Bertz CT molecular complexity index is 602. The molecule has 5 heteroatoms. The van der Waals surface area contributed by atoms with Gasteiger partial charge in [-0.3, -0.25) is 0 Å². The van der Waals surface area contributed by atoms with E-state index in [1.54, 1.807) is 19.2 Å². The average Bonchev–Trinajstić information content (AvgIpc) is 2.44. The van der Waals surface area contributed by atoms with E-state index in [4.69, 9.17) is 10.5 Å². The monoisotopic (exact) mass is 401 g/mol. The zero-order valence-corrected chi connectivity index (χ0v) is 14.0. The number of nitrogens with two attached hydrogens (primary N) is 1. The average molecular weight is 403 g/mol. The molecule has 0 aliphatic rings. The van der Waals surface area contributed by atoms with E-state index in [0.29, 0.717) is 20.9 Å². The third-order valence-electron chi connectivity index (χ3n) is 3.06. The molecule has 20 heavy (non-hydrogen) atoms. The molecule has 0 saturated heterocycles. The normalized spacial score (nSPS) is 12.2. The molecule has 0 saturated carbocycles. The van der Waals surface area contributed by atoms with Gasteiger partial charge in [-0.05, 0) is 52.2 Å². The van der Waals surface area contributed by atoms with Crippen LogP contribution in [0.3, 0.4) is 0 Å². The number of benzene rings is 2. The quantitative estimate of drug-likeness (QED) is 0.758. The molecule has 106 valence electrons. The first kappa shape index (κ1) is 15.5. The highest BCUT2D eigenvalue weighted by Crippen LogP contribution is 2.31. The molecular formula is C15H14Br2FNO. The fraction of sp³-hybridized carbons (Fsp3) is 0.200. The molecule has 0 aromatic heterocycles. The summed E-state index contributed by atoms with van der Waals surface area (Å²) < 4.78 is 20.4. The zero-order chi connectivity index (χ0) is 14.7. The van der Waals surface area contributed by atoms with Gasteiger partial charge in [0.05, 0.1) is 11.6 Å². The Morgan fingerprint density at radius 3 is 2.30 bits per heavy atom. The van der Waals surface area contributed by atoms with Gasteiger partial charge in [0.25, 0.3) is 0 Å². The number of hydrogen-bond donors (Lipinski definition) is 1. The maximum Gasteiger partial charge on any atom is 0.143 e. The first-order valence-corrected chi connectivity index (χ1v) is 7.63. The molecule has 2 nitrogen and oxygen atoms in total. The van der Waals surface area contributed by atoms with E-state index in [1.807, 2.05) is 24.3 Å². The molecule has 1 atom stereocenters. The van der Waals surface area contributed by atoms with Crippen LogP contribution in [0, 0.1) is 5.82 Å². The number of methoxy groups -OCH3 is 1. The van der Waals surface area contributed by atoms with Crippen molar-refractivity contribution in [2.24, 2.45) is 5.73 Å². The predicted molar refractivity (Wildman–Crippen MR) is 85.4 cm³/mol. The van der Waals surface area contributed by atoms with Gasteiger partial charge in [0.1, 0.15) is 11.6 Å². The van der Waals surface area contributed by atoms with Crippen molar-refractivity contribution in [1.29, 1.82) is 0 Å². The van der Waals surface area contributed by atoms with E-state index < -0.39 is 6.04 Å². The maximum absolute atomic E-state index is 14.2. The Kier molecular flexibility index (Phi) is 5.18. The largest absolute Gasteiger partial charge is 0.497 e. The Labute approximate surface area is 134 Å².